The number of rotatable bonds is 9. The lowest BCUT2D eigenvalue weighted by molar-refractivity contribution is -0.107. The van der Waals surface area contributed by atoms with Crippen LogP contribution >= 0.6 is 11.6 Å². The van der Waals surface area contributed by atoms with Gasteiger partial charge in [-0.25, -0.2) is 4.98 Å². The third kappa shape index (κ3) is 5.84. The van der Waals surface area contributed by atoms with Crippen LogP contribution in [0.1, 0.15) is 32.1 Å². The summed E-state index contributed by atoms with van der Waals surface area (Å²) in [6, 6.07) is 7.46. The summed E-state index contributed by atoms with van der Waals surface area (Å²) in [4.78, 5) is 14.4. The zero-order valence-corrected chi connectivity index (χ0v) is 14.8. The van der Waals surface area contributed by atoms with E-state index in [0.717, 1.165) is 19.1 Å². The second-order valence-corrected chi connectivity index (χ2v) is 6.67. The fourth-order valence-corrected chi connectivity index (χ4v) is 3.41. The maximum atomic E-state index is 10.3. The Morgan fingerprint density at radius 2 is 2.20 bits per heavy atom. The number of ether oxygens (including phenoxy) is 1. The van der Waals surface area contributed by atoms with Gasteiger partial charge in [0.2, 0.25) is 5.88 Å². The number of carbonyl (C=O) groups excluding carboxylic acids is 1. The van der Waals surface area contributed by atoms with Crippen LogP contribution in [0.25, 0.3) is 0 Å². The van der Waals surface area contributed by atoms with Crippen molar-refractivity contribution in [3.8, 4) is 11.9 Å². The zero-order chi connectivity index (χ0) is 18.1. The van der Waals surface area contributed by atoms with E-state index in [0.29, 0.717) is 36.9 Å². The summed E-state index contributed by atoms with van der Waals surface area (Å²) in [5, 5.41) is 20.1. The molecule has 134 valence electrons. The molecule has 25 heavy (non-hydrogen) atoms. The van der Waals surface area contributed by atoms with Crippen LogP contribution in [0.3, 0.4) is 0 Å². The smallest absolute Gasteiger partial charge is 0.214 e. The molecule has 1 unspecified atom stereocenters. The summed E-state index contributed by atoms with van der Waals surface area (Å²) < 4.78 is 5.70. The molecule has 4 atom stereocenters. The van der Waals surface area contributed by atoms with Crippen LogP contribution in [0.4, 0.5) is 0 Å². The topological polar surface area (TPSA) is 83.2 Å². The molecule has 1 aromatic rings. The fraction of sp³-hybridized carbons (Fsp3) is 0.526. The maximum absolute atomic E-state index is 10.3. The Morgan fingerprint density at radius 1 is 1.36 bits per heavy atom. The van der Waals surface area contributed by atoms with Gasteiger partial charge in [0.15, 0.2) is 0 Å². The largest absolute Gasteiger partial charge is 0.477 e. The lowest BCUT2D eigenvalue weighted by atomic mass is 9.87. The fourth-order valence-electron chi connectivity index (χ4n) is 3.26. The number of unbranched alkanes of at least 4 members (excludes halogenated alkanes) is 2. The highest BCUT2D eigenvalue weighted by atomic mass is 35.5. The van der Waals surface area contributed by atoms with Crippen LogP contribution < -0.4 is 4.74 Å². The van der Waals surface area contributed by atoms with Crippen molar-refractivity contribution >= 4 is 17.9 Å². The Morgan fingerprint density at radius 3 is 2.92 bits per heavy atom. The summed E-state index contributed by atoms with van der Waals surface area (Å²) in [5.74, 6) is 0.158. The van der Waals surface area contributed by atoms with Gasteiger partial charge in [0.05, 0.1) is 24.7 Å². The van der Waals surface area contributed by atoms with Gasteiger partial charge < -0.3 is 14.6 Å². The summed E-state index contributed by atoms with van der Waals surface area (Å²) in [7, 11) is 0. The standard InChI is InChI=1S/C19H23ClN2O3/c20-18-8-6-9-19(22-18)25-13-16-15(14(12-21)11-17(16)24)7-4-2-1-3-5-10-23/h2,4,6,8-10,14-17,24H,1,3,5,7,11,13H2/b4-2-/t14?,15-,16+,17+/m0/s1. The molecule has 1 aromatic heterocycles. The number of nitrogens with zero attached hydrogens (tertiary/aromatic N) is 2. The monoisotopic (exact) mass is 362 g/mol. The molecule has 0 radical (unpaired) electrons. The van der Waals surface area contributed by atoms with Crippen LogP contribution in [-0.2, 0) is 4.79 Å². The van der Waals surface area contributed by atoms with Crippen LogP contribution in [-0.4, -0.2) is 29.1 Å². The van der Waals surface area contributed by atoms with E-state index in [4.69, 9.17) is 16.3 Å². The first-order chi connectivity index (χ1) is 12.2. The lowest BCUT2D eigenvalue weighted by Crippen LogP contribution is -2.26. The highest BCUT2D eigenvalue weighted by Gasteiger charge is 2.42. The number of nitriles is 1. The molecular formula is C19H23ClN2O3. The minimum Gasteiger partial charge on any atom is -0.477 e. The van der Waals surface area contributed by atoms with Gasteiger partial charge in [-0.3, -0.25) is 0 Å². The summed E-state index contributed by atoms with van der Waals surface area (Å²) in [6.07, 6.45) is 7.88. The van der Waals surface area contributed by atoms with E-state index in [1.54, 1.807) is 18.2 Å². The van der Waals surface area contributed by atoms with E-state index < -0.39 is 6.10 Å². The number of halogens is 1. The van der Waals surface area contributed by atoms with Gasteiger partial charge in [0.1, 0.15) is 11.4 Å². The SMILES string of the molecule is N#CC1C[C@@H](O)[C@H](COc2cccc(Cl)n2)[C@H]1C/C=C\CCCC=O. The van der Waals surface area contributed by atoms with Gasteiger partial charge >= 0.3 is 0 Å². The van der Waals surface area contributed by atoms with Crippen molar-refractivity contribution in [1.82, 2.24) is 4.98 Å². The van der Waals surface area contributed by atoms with Gasteiger partial charge in [0.25, 0.3) is 0 Å². The third-order valence-corrected chi connectivity index (χ3v) is 4.81. The Bertz CT molecular complexity index is 629. The van der Waals surface area contributed by atoms with Crippen molar-refractivity contribution in [3.63, 3.8) is 0 Å². The molecule has 1 N–H and O–H groups in total. The minimum atomic E-state index is -0.558. The number of aliphatic hydroxyl groups is 1. The van der Waals surface area contributed by atoms with E-state index in [-0.39, 0.29) is 17.8 Å². The molecule has 1 aliphatic carbocycles. The van der Waals surface area contributed by atoms with Crippen LogP contribution in [0.5, 0.6) is 5.88 Å². The predicted molar refractivity (Wildman–Crippen MR) is 95.1 cm³/mol. The number of pyridine rings is 1. The zero-order valence-electron chi connectivity index (χ0n) is 14.1. The van der Waals surface area contributed by atoms with Crippen molar-refractivity contribution in [3.05, 3.63) is 35.5 Å². The van der Waals surface area contributed by atoms with Crippen LogP contribution in [0, 0.1) is 29.1 Å². The molecule has 2 rings (SSSR count). The minimum absolute atomic E-state index is 0.0431. The van der Waals surface area contributed by atoms with E-state index in [1.165, 1.54) is 0 Å². The molecule has 0 aliphatic heterocycles. The number of aliphatic hydroxyl groups excluding tert-OH is 1. The predicted octanol–water partition coefficient (Wildman–Crippen LogP) is 3.57. The molecule has 0 amide bonds. The highest BCUT2D eigenvalue weighted by molar-refractivity contribution is 6.29. The molecular weight excluding hydrogens is 340 g/mol. The van der Waals surface area contributed by atoms with Crippen LogP contribution in [0.15, 0.2) is 30.4 Å². The molecule has 1 aliphatic rings. The molecule has 0 bridgehead atoms. The number of allylic oxidation sites excluding steroid dienone is 2. The number of aromatic nitrogens is 1. The molecule has 1 heterocycles. The van der Waals surface area contributed by atoms with E-state index in [2.05, 4.69) is 11.1 Å². The van der Waals surface area contributed by atoms with Crippen molar-refractivity contribution in [2.75, 3.05) is 6.61 Å². The summed E-state index contributed by atoms with van der Waals surface area (Å²) in [5.41, 5.74) is 0. The normalized spacial score (nSPS) is 25.8. The Hall–Kier alpha value is -1.90. The second-order valence-electron chi connectivity index (χ2n) is 6.28. The Balaban J connectivity index is 1.93. The Labute approximate surface area is 153 Å². The highest BCUT2D eigenvalue weighted by Crippen LogP contribution is 2.39. The van der Waals surface area contributed by atoms with Gasteiger partial charge in [-0.05, 0) is 37.7 Å². The van der Waals surface area contributed by atoms with Crippen LogP contribution in [0.2, 0.25) is 5.15 Å². The number of aldehydes is 1. The first-order valence-corrected chi connectivity index (χ1v) is 8.95. The molecule has 0 aromatic carbocycles. The third-order valence-electron chi connectivity index (χ3n) is 4.60. The van der Waals surface area contributed by atoms with E-state index in [1.807, 2.05) is 12.2 Å². The van der Waals surface area contributed by atoms with Crippen molar-refractivity contribution < 1.29 is 14.6 Å². The molecule has 5 nitrogen and oxygen atoms in total. The molecule has 6 heteroatoms. The molecule has 1 fully saturated rings. The quantitative estimate of drug-likeness (QED) is 0.314. The summed E-state index contributed by atoms with van der Waals surface area (Å²) >= 11 is 5.85. The number of hydrogen-bond donors (Lipinski definition) is 1. The van der Waals surface area contributed by atoms with Gasteiger partial charge in [-0.2, -0.15) is 5.26 Å². The average molecular weight is 363 g/mol. The second kappa shape index (κ2) is 10.2. The Kier molecular flexibility index (Phi) is 7.90. The molecule has 1 saturated carbocycles. The maximum Gasteiger partial charge on any atom is 0.214 e. The van der Waals surface area contributed by atoms with Crippen molar-refractivity contribution in [2.24, 2.45) is 17.8 Å². The van der Waals surface area contributed by atoms with E-state index in [9.17, 15) is 15.2 Å². The van der Waals surface area contributed by atoms with Gasteiger partial charge in [-0.1, -0.05) is 29.8 Å². The summed E-state index contributed by atoms with van der Waals surface area (Å²) in [6.45, 7) is 0.302. The number of hydrogen-bond acceptors (Lipinski definition) is 5. The molecule has 0 spiro atoms. The lowest BCUT2D eigenvalue weighted by Gasteiger charge is -2.22. The number of carbonyl (C=O) groups is 1. The van der Waals surface area contributed by atoms with Gasteiger partial charge in [-0.15, -0.1) is 0 Å². The van der Waals surface area contributed by atoms with E-state index >= 15 is 0 Å². The molecule has 0 saturated heterocycles. The average Bonchev–Trinajstić information content (AvgIpc) is 2.91. The first-order valence-electron chi connectivity index (χ1n) is 8.57. The van der Waals surface area contributed by atoms with Gasteiger partial charge in [0, 0.05) is 18.4 Å². The first kappa shape index (κ1) is 19.4. The van der Waals surface area contributed by atoms with Crippen molar-refractivity contribution in [1.29, 1.82) is 5.26 Å². The van der Waals surface area contributed by atoms with Crippen molar-refractivity contribution in [2.45, 2.75) is 38.2 Å².